The minimum atomic E-state index is -1.40. The number of hydrogen-bond donors (Lipinski definition) is 2. The van der Waals surface area contributed by atoms with E-state index in [2.05, 4.69) is 0 Å². The first-order chi connectivity index (χ1) is 12.8. The third-order valence-corrected chi connectivity index (χ3v) is 5.64. The Bertz CT molecular complexity index is 998. The number of anilines is 1. The molecule has 144 valence electrons. The molecule has 1 saturated heterocycles. The number of benzene rings is 1. The summed E-state index contributed by atoms with van der Waals surface area (Å²) in [4.78, 5) is 25.5. The van der Waals surface area contributed by atoms with Crippen LogP contribution >= 0.6 is 0 Å². The van der Waals surface area contributed by atoms with Crippen LogP contribution in [0.1, 0.15) is 42.6 Å². The van der Waals surface area contributed by atoms with E-state index in [4.69, 9.17) is 5.73 Å². The van der Waals surface area contributed by atoms with E-state index in [1.165, 1.54) is 10.8 Å². The Morgan fingerprint density at radius 1 is 1.33 bits per heavy atom. The van der Waals surface area contributed by atoms with Crippen LogP contribution in [-0.4, -0.2) is 34.8 Å². The second-order valence-electron chi connectivity index (χ2n) is 7.59. The van der Waals surface area contributed by atoms with Gasteiger partial charge < -0.3 is 20.3 Å². The third-order valence-electron chi connectivity index (χ3n) is 5.64. The van der Waals surface area contributed by atoms with Gasteiger partial charge >= 0.3 is 5.97 Å². The molecule has 2 aliphatic rings. The summed E-state index contributed by atoms with van der Waals surface area (Å²) in [6.45, 7) is 2.80. The minimum Gasteiger partial charge on any atom is -0.477 e. The Hall–Kier alpha value is -2.48. The Labute approximate surface area is 154 Å². The lowest BCUT2D eigenvalue weighted by molar-refractivity contribution is 0.0695. The Kier molecular flexibility index (Phi) is 4.18. The fraction of sp³-hybridized carbons (Fsp3) is 0.474. The predicted molar refractivity (Wildman–Crippen MR) is 97.3 cm³/mol. The highest BCUT2D eigenvalue weighted by molar-refractivity contribution is 5.94. The van der Waals surface area contributed by atoms with Gasteiger partial charge in [0.05, 0.1) is 10.9 Å². The van der Waals surface area contributed by atoms with E-state index in [-0.39, 0.29) is 34.6 Å². The van der Waals surface area contributed by atoms with Crippen LogP contribution in [0.5, 0.6) is 0 Å². The summed E-state index contributed by atoms with van der Waals surface area (Å²) in [5.74, 6) is -2.93. The first-order valence-electron chi connectivity index (χ1n) is 9.10. The largest absolute Gasteiger partial charge is 0.477 e. The highest BCUT2D eigenvalue weighted by atomic mass is 19.1. The molecule has 1 saturated carbocycles. The Balaban J connectivity index is 1.94. The number of halogens is 2. The van der Waals surface area contributed by atoms with Crippen LogP contribution in [0.4, 0.5) is 14.5 Å². The summed E-state index contributed by atoms with van der Waals surface area (Å²) in [6.07, 6.45) is 3.45. The van der Waals surface area contributed by atoms with Gasteiger partial charge in [-0.05, 0) is 38.2 Å². The zero-order chi connectivity index (χ0) is 19.5. The molecule has 1 aromatic carbocycles. The first-order valence-corrected chi connectivity index (χ1v) is 9.10. The molecule has 0 spiro atoms. The van der Waals surface area contributed by atoms with Crippen LogP contribution in [0.15, 0.2) is 17.1 Å². The number of carbonyl (C=O) groups is 1. The Morgan fingerprint density at radius 3 is 2.59 bits per heavy atom. The zero-order valence-electron chi connectivity index (χ0n) is 14.9. The number of carboxylic acids is 1. The lowest BCUT2D eigenvalue weighted by Gasteiger charge is -2.23. The van der Waals surface area contributed by atoms with Crippen LogP contribution in [0.2, 0.25) is 0 Å². The van der Waals surface area contributed by atoms with Gasteiger partial charge in [-0.2, -0.15) is 0 Å². The van der Waals surface area contributed by atoms with Gasteiger partial charge in [0.15, 0.2) is 5.82 Å². The maximum absolute atomic E-state index is 15.5. The highest BCUT2D eigenvalue weighted by Crippen LogP contribution is 2.40. The van der Waals surface area contributed by atoms with E-state index in [0.29, 0.717) is 13.1 Å². The fourth-order valence-electron chi connectivity index (χ4n) is 3.93. The molecule has 2 aromatic rings. The maximum Gasteiger partial charge on any atom is 0.341 e. The molecule has 8 heteroatoms. The topological polar surface area (TPSA) is 88.6 Å². The molecular formula is C19H21F2N3O3. The van der Waals surface area contributed by atoms with Crippen LogP contribution in [-0.2, 0) is 0 Å². The molecule has 1 aliphatic heterocycles. The van der Waals surface area contributed by atoms with Gasteiger partial charge in [-0.25, -0.2) is 13.6 Å². The number of rotatable bonds is 4. The summed E-state index contributed by atoms with van der Waals surface area (Å²) in [7, 11) is 0. The van der Waals surface area contributed by atoms with Gasteiger partial charge in [-0.1, -0.05) is 0 Å². The molecule has 6 nitrogen and oxygen atoms in total. The average molecular weight is 377 g/mol. The number of hydrogen-bond acceptors (Lipinski definition) is 4. The van der Waals surface area contributed by atoms with Crippen molar-refractivity contribution in [1.29, 1.82) is 0 Å². The molecule has 1 aromatic heterocycles. The molecule has 1 aliphatic carbocycles. The van der Waals surface area contributed by atoms with Crippen molar-refractivity contribution in [3.05, 3.63) is 39.7 Å². The molecule has 2 atom stereocenters. The third kappa shape index (κ3) is 2.88. The molecular weight excluding hydrogens is 356 g/mol. The van der Waals surface area contributed by atoms with Crippen molar-refractivity contribution in [2.75, 3.05) is 18.0 Å². The Morgan fingerprint density at radius 2 is 2.04 bits per heavy atom. The van der Waals surface area contributed by atoms with Crippen molar-refractivity contribution in [2.24, 2.45) is 11.7 Å². The molecule has 0 radical (unpaired) electrons. The predicted octanol–water partition coefficient (Wildman–Crippen LogP) is 2.49. The number of aromatic carboxylic acids is 1. The molecule has 27 heavy (non-hydrogen) atoms. The highest BCUT2D eigenvalue weighted by Gasteiger charge is 2.33. The van der Waals surface area contributed by atoms with Crippen LogP contribution in [0.3, 0.4) is 0 Å². The lowest BCUT2D eigenvalue weighted by Crippen LogP contribution is -2.30. The van der Waals surface area contributed by atoms with Crippen molar-refractivity contribution in [1.82, 2.24) is 4.57 Å². The maximum atomic E-state index is 15.5. The summed E-state index contributed by atoms with van der Waals surface area (Å²) in [6, 6.07) is 0.819. The van der Waals surface area contributed by atoms with E-state index < -0.39 is 28.6 Å². The van der Waals surface area contributed by atoms with E-state index in [0.717, 1.165) is 25.3 Å². The van der Waals surface area contributed by atoms with E-state index >= 15 is 4.39 Å². The van der Waals surface area contributed by atoms with Gasteiger partial charge in [0.1, 0.15) is 17.1 Å². The van der Waals surface area contributed by atoms with Crippen LogP contribution in [0, 0.1) is 17.6 Å². The first kappa shape index (κ1) is 17.9. The van der Waals surface area contributed by atoms with Gasteiger partial charge in [0, 0.05) is 31.4 Å². The van der Waals surface area contributed by atoms with Crippen LogP contribution < -0.4 is 16.1 Å². The van der Waals surface area contributed by atoms with Crippen molar-refractivity contribution >= 4 is 22.6 Å². The molecule has 2 fully saturated rings. The summed E-state index contributed by atoms with van der Waals surface area (Å²) < 4.78 is 31.7. The number of nitrogens with zero attached hydrogens (tertiary/aromatic N) is 2. The van der Waals surface area contributed by atoms with Crippen molar-refractivity contribution in [3.8, 4) is 0 Å². The van der Waals surface area contributed by atoms with Crippen molar-refractivity contribution < 1.29 is 18.7 Å². The SMILES string of the molecule is CC(N)C1CCN(c2c(F)cc3c(=O)c(C(=O)O)cn(C4CC4)c3c2F)C1. The second kappa shape index (κ2) is 6.30. The molecule has 0 amide bonds. The fourth-order valence-corrected chi connectivity index (χ4v) is 3.93. The number of fused-ring (bicyclic) bond motifs is 1. The zero-order valence-corrected chi connectivity index (χ0v) is 14.9. The van der Waals surface area contributed by atoms with Gasteiger partial charge in [-0.15, -0.1) is 0 Å². The van der Waals surface area contributed by atoms with E-state index in [1.54, 1.807) is 4.90 Å². The smallest absolute Gasteiger partial charge is 0.341 e. The standard InChI is InChI=1S/C19H21F2N3O3/c1-9(22)10-4-5-23(7-10)17-14(20)6-12-16(15(17)21)24(11-2-3-11)8-13(18(12)25)19(26)27/h6,8-11H,2-5,7,22H2,1H3,(H,26,27). The molecule has 0 bridgehead atoms. The summed E-state index contributed by atoms with van der Waals surface area (Å²) >= 11 is 0. The monoisotopic (exact) mass is 377 g/mol. The number of nitrogens with two attached hydrogens (primary N) is 1. The van der Waals surface area contributed by atoms with Gasteiger partial charge in [0.25, 0.3) is 0 Å². The van der Waals surface area contributed by atoms with Gasteiger partial charge in [-0.3, -0.25) is 4.79 Å². The molecule has 4 rings (SSSR count). The summed E-state index contributed by atoms with van der Waals surface area (Å²) in [5, 5.41) is 9.04. The van der Waals surface area contributed by atoms with Crippen LogP contribution in [0.25, 0.3) is 10.9 Å². The minimum absolute atomic E-state index is 0.0202. The number of aromatic nitrogens is 1. The summed E-state index contributed by atoms with van der Waals surface area (Å²) in [5.41, 5.74) is 4.40. The molecule has 3 N–H and O–H groups in total. The van der Waals surface area contributed by atoms with E-state index in [9.17, 15) is 19.1 Å². The van der Waals surface area contributed by atoms with E-state index in [1.807, 2.05) is 6.92 Å². The second-order valence-corrected chi connectivity index (χ2v) is 7.59. The molecule has 2 unspecified atom stereocenters. The van der Waals surface area contributed by atoms with Crippen molar-refractivity contribution in [3.63, 3.8) is 0 Å². The quantitative estimate of drug-likeness (QED) is 0.855. The number of carboxylic acid groups (broad SMARTS) is 1. The lowest BCUT2D eigenvalue weighted by atomic mass is 10.0. The van der Waals surface area contributed by atoms with Gasteiger partial charge in [0.2, 0.25) is 5.43 Å². The van der Waals surface area contributed by atoms with Crippen molar-refractivity contribution in [2.45, 2.75) is 38.3 Å². The molecule has 2 heterocycles. The normalized spacial score (nSPS) is 21.0. The number of pyridine rings is 1. The average Bonchev–Trinajstić information content (AvgIpc) is 3.32.